The van der Waals surface area contributed by atoms with Crippen LogP contribution in [0.4, 0.5) is 5.69 Å². The Kier molecular flexibility index (Phi) is 4.72. The largest absolute Gasteiger partial charge is 0.396 e. The molecule has 1 saturated heterocycles. The summed E-state index contributed by atoms with van der Waals surface area (Å²) >= 11 is 0. The minimum absolute atomic E-state index is 0. The lowest BCUT2D eigenvalue weighted by Crippen LogP contribution is -2.27. The smallest absolute Gasteiger partial charge is 0.0998 e. The molecule has 3 nitrogen and oxygen atoms in total. The lowest BCUT2D eigenvalue weighted by atomic mass is 10.0. The molecule has 0 amide bonds. The van der Waals surface area contributed by atoms with Gasteiger partial charge in [0.05, 0.1) is 11.6 Å². The van der Waals surface area contributed by atoms with Crippen molar-refractivity contribution in [2.24, 2.45) is 5.92 Å². The molecule has 0 saturated carbocycles. The lowest BCUT2D eigenvalue weighted by molar-refractivity contribution is 0.236. The van der Waals surface area contributed by atoms with Gasteiger partial charge < -0.3 is 10.0 Å². The number of aliphatic hydroxyl groups excluding tert-OH is 1. The van der Waals surface area contributed by atoms with Gasteiger partial charge in [0.25, 0.3) is 0 Å². The molecule has 2 aromatic carbocycles. The van der Waals surface area contributed by atoms with E-state index in [4.69, 9.17) is 0 Å². The zero-order valence-electron chi connectivity index (χ0n) is 12.0. The predicted octanol–water partition coefficient (Wildman–Crippen LogP) is 3.34. The fraction of sp³-hybridized carbons (Fsp3) is 0.353. The van der Waals surface area contributed by atoms with E-state index in [1.54, 1.807) is 0 Å². The normalized spacial score (nSPS) is 21.1. The number of fused-ring (bicyclic) bond motifs is 1. The van der Waals surface area contributed by atoms with Gasteiger partial charge in [-0.05, 0) is 25.5 Å². The van der Waals surface area contributed by atoms with E-state index in [1.165, 1.54) is 5.69 Å². The van der Waals surface area contributed by atoms with Gasteiger partial charge in [0, 0.05) is 41.6 Å². The van der Waals surface area contributed by atoms with E-state index in [0.717, 1.165) is 29.3 Å². The van der Waals surface area contributed by atoms with Gasteiger partial charge >= 0.3 is 0 Å². The van der Waals surface area contributed by atoms with Gasteiger partial charge in [-0.3, -0.25) is 0 Å². The van der Waals surface area contributed by atoms with Crippen molar-refractivity contribution in [3.8, 4) is 6.07 Å². The van der Waals surface area contributed by atoms with Crippen LogP contribution in [-0.2, 0) is 0 Å². The van der Waals surface area contributed by atoms with Crippen LogP contribution >= 0.6 is 12.4 Å². The van der Waals surface area contributed by atoms with Gasteiger partial charge in [0.1, 0.15) is 0 Å². The van der Waals surface area contributed by atoms with Crippen molar-refractivity contribution in [2.75, 3.05) is 18.1 Å². The van der Waals surface area contributed by atoms with E-state index in [2.05, 4.69) is 24.0 Å². The Morgan fingerprint density at radius 1 is 1.24 bits per heavy atom. The Balaban J connectivity index is 0.00000161. The summed E-state index contributed by atoms with van der Waals surface area (Å²) in [5, 5.41) is 20.7. The number of nitrogens with zero attached hydrogens (tertiary/aromatic N) is 2. The molecule has 1 fully saturated rings. The van der Waals surface area contributed by atoms with Crippen molar-refractivity contribution >= 4 is 28.9 Å². The van der Waals surface area contributed by atoms with Gasteiger partial charge in [0.2, 0.25) is 0 Å². The summed E-state index contributed by atoms with van der Waals surface area (Å²) in [6.07, 6.45) is 1.02. The minimum atomic E-state index is 0. The predicted molar refractivity (Wildman–Crippen MR) is 87.9 cm³/mol. The molecule has 1 aliphatic rings. The minimum Gasteiger partial charge on any atom is -0.396 e. The Morgan fingerprint density at radius 2 is 1.95 bits per heavy atom. The van der Waals surface area contributed by atoms with Crippen LogP contribution in [0.2, 0.25) is 0 Å². The van der Waals surface area contributed by atoms with Gasteiger partial charge in [-0.15, -0.1) is 12.4 Å². The molecule has 0 bridgehead atoms. The van der Waals surface area contributed by atoms with E-state index in [9.17, 15) is 10.4 Å². The van der Waals surface area contributed by atoms with E-state index < -0.39 is 0 Å². The van der Waals surface area contributed by atoms with Gasteiger partial charge in [-0.1, -0.05) is 24.3 Å². The van der Waals surface area contributed by atoms with E-state index in [0.29, 0.717) is 12.0 Å². The summed E-state index contributed by atoms with van der Waals surface area (Å²) in [6.45, 7) is 3.32. The number of halogens is 1. The highest BCUT2D eigenvalue weighted by Gasteiger charge is 2.29. The van der Waals surface area contributed by atoms with Crippen LogP contribution in [-0.4, -0.2) is 24.3 Å². The first-order valence-corrected chi connectivity index (χ1v) is 7.04. The second-order valence-electron chi connectivity index (χ2n) is 5.58. The average Bonchev–Trinajstić information content (AvgIpc) is 2.87. The fourth-order valence-electron chi connectivity index (χ4n) is 3.24. The summed E-state index contributed by atoms with van der Waals surface area (Å²) in [7, 11) is 0. The zero-order valence-corrected chi connectivity index (χ0v) is 12.8. The number of rotatable bonds is 2. The van der Waals surface area contributed by atoms with Gasteiger partial charge in [-0.2, -0.15) is 5.26 Å². The maximum Gasteiger partial charge on any atom is 0.0998 e. The van der Waals surface area contributed by atoms with Crippen LogP contribution in [0, 0.1) is 17.2 Å². The second-order valence-corrected chi connectivity index (χ2v) is 5.58. The van der Waals surface area contributed by atoms with Crippen LogP contribution in [0.15, 0.2) is 36.4 Å². The van der Waals surface area contributed by atoms with Crippen LogP contribution < -0.4 is 4.90 Å². The number of anilines is 1. The van der Waals surface area contributed by atoms with E-state index in [1.807, 2.05) is 30.3 Å². The van der Waals surface area contributed by atoms with Crippen LogP contribution in [0.3, 0.4) is 0 Å². The molecule has 0 aromatic heterocycles. The number of benzene rings is 2. The molecule has 1 N–H and O–H groups in total. The molecule has 3 rings (SSSR count). The standard InChI is InChI=1S/C17H18N2O.ClH/c1-12-8-13(11-20)10-19(12)17-7-6-14(9-18)15-4-2-3-5-16(15)17;/h2-7,12-13,20H,8,10-11H2,1H3;1H. The highest BCUT2D eigenvalue weighted by atomic mass is 35.5. The molecule has 4 heteroatoms. The summed E-state index contributed by atoms with van der Waals surface area (Å²) in [6, 6.07) is 14.7. The van der Waals surface area contributed by atoms with Crippen molar-refractivity contribution < 1.29 is 5.11 Å². The molecule has 0 spiro atoms. The molecular formula is C17H19ClN2O. The van der Waals surface area contributed by atoms with Crippen molar-refractivity contribution in [1.82, 2.24) is 0 Å². The monoisotopic (exact) mass is 302 g/mol. The highest BCUT2D eigenvalue weighted by Crippen LogP contribution is 2.35. The van der Waals surface area contributed by atoms with Crippen molar-refractivity contribution in [3.63, 3.8) is 0 Å². The number of hydrogen-bond acceptors (Lipinski definition) is 3. The molecule has 0 radical (unpaired) electrons. The van der Waals surface area contributed by atoms with Crippen LogP contribution in [0.5, 0.6) is 0 Å². The SMILES string of the molecule is CC1CC(CO)CN1c1ccc(C#N)c2ccccc12.Cl. The third-order valence-electron chi connectivity index (χ3n) is 4.25. The third kappa shape index (κ3) is 2.70. The Hall–Kier alpha value is -1.76. The Bertz CT molecular complexity index is 680. The molecule has 110 valence electrons. The van der Waals surface area contributed by atoms with Gasteiger partial charge in [-0.25, -0.2) is 0 Å². The maximum atomic E-state index is 9.37. The first-order valence-electron chi connectivity index (χ1n) is 7.04. The molecule has 2 aromatic rings. The summed E-state index contributed by atoms with van der Waals surface area (Å²) in [5.74, 6) is 0.347. The first-order chi connectivity index (χ1) is 9.74. The molecule has 2 unspecified atom stereocenters. The molecule has 0 aliphatic carbocycles. The fourth-order valence-corrected chi connectivity index (χ4v) is 3.24. The number of hydrogen-bond donors (Lipinski definition) is 1. The lowest BCUT2D eigenvalue weighted by Gasteiger charge is -2.25. The number of aliphatic hydroxyl groups is 1. The van der Waals surface area contributed by atoms with Gasteiger partial charge in [0.15, 0.2) is 0 Å². The summed E-state index contributed by atoms with van der Waals surface area (Å²) in [5.41, 5.74) is 1.89. The van der Waals surface area contributed by atoms with Crippen molar-refractivity contribution in [2.45, 2.75) is 19.4 Å². The summed E-state index contributed by atoms with van der Waals surface area (Å²) < 4.78 is 0. The third-order valence-corrected chi connectivity index (χ3v) is 4.25. The second kappa shape index (κ2) is 6.34. The van der Waals surface area contributed by atoms with Crippen molar-refractivity contribution in [3.05, 3.63) is 42.0 Å². The van der Waals surface area contributed by atoms with Crippen LogP contribution in [0.1, 0.15) is 18.9 Å². The highest BCUT2D eigenvalue weighted by molar-refractivity contribution is 5.98. The first kappa shape index (κ1) is 15.6. The zero-order chi connectivity index (χ0) is 14.1. The van der Waals surface area contributed by atoms with Crippen LogP contribution in [0.25, 0.3) is 10.8 Å². The van der Waals surface area contributed by atoms with Crippen molar-refractivity contribution in [1.29, 1.82) is 5.26 Å². The quantitative estimate of drug-likeness (QED) is 0.925. The molecular weight excluding hydrogens is 284 g/mol. The molecule has 21 heavy (non-hydrogen) atoms. The Morgan fingerprint density at radius 3 is 2.57 bits per heavy atom. The van der Waals surface area contributed by atoms with E-state index in [-0.39, 0.29) is 19.0 Å². The topological polar surface area (TPSA) is 47.3 Å². The molecule has 2 atom stereocenters. The Labute approximate surface area is 131 Å². The average molecular weight is 303 g/mol. The maximum absolute atomic E-state index is 9.37. The summed E-state index contributed by atoms with van der Waals surface area (Å²) in [4.78, 5) is 2.35. The van der Waals surface area contributed by atoms with E-state index >= 15 is 0 Å². The molecule has 1 heterocycles. The number of nitriles is 1. The molecule has 1 aliphatic heterocycles.